The van der Waals surface area contributed by atoms with E-state index in [2.05, 4.69) is 0 Å². The Morgan fingerprint density at radius 2 is 2.29 bits per heavy atom. The minimum absolute atomic E-state index is 0.0972. The summed E-state index contributed by atoms with van der Waals surface area (Å²) < 4.78 is 0. The second kappa shape index (κ2) is 2.75. The number of aliphatic hydroxyl groups is 1. The van der Waals surface area contributed by atoms with Crippen LogP contribution in [0.25, 0.3) is 0 Å². The number of Topliss-reactive ketones (excluding diaryl/α,β-unsaturated/α-hetero) is 1. The van der Waals surface area contributed by atoms with Crippen molar-refractivity contribution in [2.24, 2.45) is 0 Å². The monoisotopic (exact) mass is 102 g/mol. The van der Waals surface area contributed by atoms with E-state index in [0.717, 1.165) is 0 Å². The maximum absolute atomic E-state index is 10.3. The summed E-state index contributed by atoms with van der Waals surface area (Å²) in [6.07, 6.45) is -0.345. The molecule has 2 heteroatoms. The molecule has 1 N–H and O–H groups in total. The van der Waals surface area contributed by atoms with Crippen LogP contribution in [0.15, 0.2) is 0 Å². The lowest BCUT2D eigenvalue weighted by Gasteiger charge is -1.95. The lowest BCUT2D eigenvalue weighted by molar-refractivity contribution is -0.125. The van der Waals surface area contributed by atoms with Gasteiger partial charge in [0.1, 0.15) is 6.10 Å². The van der Waals surface area contributed by atoms with Gasteiger partial charge in [0, 0.05) is 6.42 Å². The maximum atomic E-state index is 10.3. The minimum atomic E-state index is -0.773. The fourth-order valence-electron chi connectivity index (χ4n) is 0.295. The molecule has 0 bridgehead atoms. The first-order valence-corrected chi connectivity index (χ1v) is 2.39. The van der Waals surface area contributed by atoms with Crippen molar-refractivity contribution in [3.05, 3.63) is 0 Å². The summed E-state index contributed by atoms with van der Waals surface area (Å²) in [6.45, 7) is 3.21. The average molecular weight is 102 g/mol. The molecule has 0 aromatic rings. The smallest absolute Gasteiger partial charge is 0.160 e. The zero-order valence-corrected chi connectivity index (χ0v) is 4.64. The largest absolute Gasteiger partial charge is 0.386 e. The van der Waals surface area contributed by atoms with Crippen LogP contribution in [-0.2, 0) is 4.79 Å². The number of aliphatic hydroxyl groups excluding tert-OH is 1. The molecule has 0 heterocycles. The Balaban J connectivity index is 3.35. The Bertz CT molecular complexity index is 66.5. The van der Waals surface area contributed by atoms with E-state index in [1.54, 1.807) is 6.92 Å². The van der Waals surface area contributed by atoms with Gasteiger partial charge < -0.3 is 5.11 Å². The van der Waals surface area contributed by atoms with Crippen molar-refractivity contribution in [2.45, 2.75) is 26.4 Å². The highest BCUT2D eigenvalue weighted by atomic mass is 16.3. The highest BCUT2D eigenvalue weighted by Gasteiger charge is 2.02. The Hall–Kier alpha value is -0.370. The number of hydrogen-bond acceptors (Lipinski definition) is 2. The molecular weight excluding hydrogens is 92.1 g/mol. The van der Waals surface area contributed by atoms with Gasteiger partial charge in [0.05, 0.1) is 0 Å². The molecule has 1 unspecified atom stereocenters. The van der Waals surface area contributed by atoms with Crippen molar-refractivity contribution in [1.82, 2.24) is 0 Å². The van der Waals surface area contributed by atoms with E-state index in [-0.39, 0.29) is 5.78 Å². The summed E-state index contributed by atoms with van der Waals surface area (Å²) in [5.74, 6) is -0.0972. The molecule has 0 aliphatic carbocycles. The van der Waals surface area contributed by atoms with E-state index < -0.39 is 6.10 Å². The van der Waals surface area contributed by atoms with E-state index >= 15 is 0 Å². The maximum Gasteiger partial charge on any atom is 0.160 e. The summed E-state index contributed by atoms with van der Waals surface area (Å²) in [7, 11) is 0. The van der Waals surface area contributed by atoms with Gasteiger partial charge in [0.15, 0.2) is 5.78 Å². The van der Waals surface area contributed by atoms with Crippen LogP contribution in [0.5, 0.6) is 0 Å². The second-order valence-electron chi connectivity index (χ2n) is 1.50. The number of carbonyl (C=O) groups excluding carboxylic acids is 1. The third-order valence-electron chi connectivity index (χ3n) is 0.814. The predicted molar refractivity (Wildman–Crippen MR) is 27.0 cm³/mol. The van der Waals surface area contributed by atoms with Gasteiger partial charge in [0.2, 0.25) is 0 Å². The van der Waals surface area contributed by atoms with Crippen LogP contribution in [-0.4, -0.2) is 17.0 Å². The summed E-state index contributed by atoms with van der Waals surface area (Å²) in [6, 6.07) is 0. The molecule has 1 atom stereocenters. The molecule has 42 valence electrons. The molecule has 0 aliphatic heterocycles. The molecule has 0 amide bonds. The zero-order chi connectivity index (χ0) is 5.86. The first-order chi connectivity index (χ1) is 3.18. The van der Waals surface area contributed by atoms with Gasteiger partial charge in [-0.2, -0.15) is 0 Å². The third kappa shape index (κ3) is 2.34. The lowest BCUT2D eigenvalue weighted by Crippen LogP contribution is -2.13. The van der Waals surface area contributed by atoms with Crippen molar-refractivity contribution < 1.29 is 9.90 Å². The van der Waals surface area contributed by atoms with Crippen LogP contribution in [0.1, 0.15) is 20.3 Å². The first kappa shape index (κ1) is 6.63. The molecule has 0 aliphatic rings. The van der Waals surface area contributed by atoms with Crippen molar-refractivity contribution >= 4 is 5.78 Å². The summed E-state index contributed by atoms with van der Waals surface area (Å²) in [5, 5.41) is 8.47. The summed E-state index contributed by atoms with van der Waals surface area (Å²) in [5.41, 5.74) is 0. The average Bonchev–Trinajstić information content (AvgIpc) is 1.65. The molecule has 0 spiro atoms. The van der Waals surface area contributed by atoms with Gasteiger partial charge in [0.25, 0.3) is 0 Å². The molecule has 0 saturated heterocycles. The molecule has 0 rings (SSSR count). The van der Waals surface area contributed by atoms with E-state index in [4.69, 9.17) is 5.11 Å². The van der Waals surface area contributed by atoms with Crippen LogP contribution >= 0.6 is 0 Å². The summed E-state index contributed by atoms with van der Waals surface area (Å²) in [4.78, 5) is 10.3. The minimum Gasteiger partial charge on any atom is -0.386 e. The molecule has 0 aromatic heterocycles. The van der Waals surface area contributed by atoms with E-state index in [9.17, 15) is 4.79 Å². The Morgan fingerprint density at radius 3 is 2.29 bits per heavy atom. The molecule has 0 saturated carbocycles. The highest BCUT2D eigenvalue weighted by molar-refractivity contribution is 5.81. The topological polar surface area (TPSA) is 37.3 Å². The van der Waals surface area contributed by atoms with Crippen molar-refractivity contribution in [3.63, 3.8) is 0 Å². The van der Waals surface area contributed by atoms with Gasteiger partial charge in [-0.05, 0) is 6.92 Å². The second-order valence-corrected chi connectivity index (χ2v) is 1.50. The molecule has 2 nitrogen and oxygen atoms in total. The molecular formula is C5H10O2. The number of carbonyl (C=O) groups is 1. The van der Waals surface area contributed by atoms with Crippen LogP contribution < -0.4 is 0 Å². The molecule has 0 fully saturated rings. The number of rotatable bonds is 2. The Morgan fingerprint density at radius 1 is 1.86 bits per heavy atom. The van der Waals surface area contributed by atoms with Crippen molar-refractivity contribution in [3.8, 4) is 0 Å². The van der Waals surface area contributed by atoms with Gasteiger partial charge >= 0.3 is 0 Å². The van der Waals surface area contributed by atoms with Gasteiger partial charge in [-0.25, -0.2) is 0 Å². The van der Waals surface area contributed by atoms with E-state index in [0.29, 0.717) is 6.42 Å². The lowest BCUT2D eigenvalue weighted by atomic mass is 10.2. The fraction of sp³-hybridized carbons (Fsp3) is 0.800. The molecule has 0 aromatic carbocycles. The predicted octanol–water partition coefficient (Wildman–Crippen LogP) is 0.346. The molecule has 7 heavy (non-hydrogen) atoms. The van der Waals surface area contributed by atoms with E-state index in [1.165, 1.54) is 6.92 Å². The number of ketones is 1. The van der Waals surface area contributed by atoms with Crippen molar-refractivity contribution in [1.29, 1.82) is 0 Å². The first-order valence-electron chi connectivity index (χ1n) is 2.39. The SMILES string of the molecule is CCC(=O)C(C)O. The zero-order valence-electron chi connectivity index (χ0n) is 4.64. The van der Waals surface area contributed by atoms with Gasteiger partial charge in [-0.15, -0.1) is 0 Å². The van der Waals surface area contributed by atoms with Crippen LogP contribution in [0.2, 0.25) is 0 Å². The van der Waals surface area contributed by atoms with Gasteiger partial charge in [-0.1, -0.05) is 6.92 Å². The van der Waals surface area contributed by atoms with Gasteiger partial charge in [-0.3, -0.25) is 4.79 Å². The number of hydrogen-bond donors (Lipinski definition) is 1. The summed E-state index contributed by atoms with van der Waals surface area (Å²) >= 11 is 0. The standard InChI is InChI=1S/C5H10O2/c1-3-5(7)4(2)6/h4,6H,3H2,1-2H3. The van der Waals surface area contributed by atoms with Crippen LogP contribution in [0, 0.1) is 0 Å². The van der Waals surface area contributed by atoms with Crippen molar-refractivity contribution in [2.75, 3.05) is 0 Å². The fourth-order valence-corrected chi connectivity index (χ4v) is 0.295. The quantitative estimate of drug-likeness (QED) is 0.546. The Labute approximate surface area is 43.2 Å². The Kier molecular flexibility index (Phi) is 2.60. The van der Waals surface area contributed by atoms with Crippen LogP contribution in [0.4, 0.5) is 0 Å². The van der Waals surface area contributed by atoms with Crippen LogP contribution in [0.3, 0.4) is 0 Å². The normalized spacial score (nSPS) is 13.6. The molecule has 0 radical (unpaired) electrons. The highest BCUT2D eigenvalue weighted by Crippen LogP contribution is 1.86. The van der Waals surface area contributed by atoms with E-state index in [1.807, 2.05) is 0 Å². The third-order valence-corrected chi connectivity index (χ3v) is 0.814.